The first-order chi connectivity index (χ1) is 10.1. The predicted octanol–water partition coefficient (Wildman–Crippen LogP) is 2.81. The van der Waals surface area contributed by atoms with E-state index in [4.69, 9.17) is 0 Å². The van der Waals surface area contributed by atoms with Gasteiger partial charge in [0.1, 0.15) is 11.4 Å². The van der Waals surface area contributed by atoms with Crippen molar-refractivity contribution in [2.45, 2.75) is 0 Å². The zero-order valence-corrected chi connectivity index (χ0v) is 11.5. The number of hydrogen-bond donors (Lipinski definition) is 1. The molecule has 0 amide bonds. The molecular weight excluding hydrogens is 264 g/mol. The molecule has 0 saturated heterocycles. The van der Waals surface area contributed by atoms with E-state index in [2.05, 4.69) is 4.98 Å². The van der Waals surface area contributed by atoms with E-state index in [1.807, 2.05) is 24.3 Å². The molecule has 1 heterocycles. The molecule has 1 N–H and O–H groups in total. The van der Waals surface area contributed by atoms with Crippen molar-refractivity contribution >= 4 is 23.2 Å². The Bertz CT molecular complexity index is 877. The lowest BCUT2D eigenvalue weighted by molar-refractivity contribution is 0.475. The van der Waals surface area contributed by atoms with Crippen molar-refractivity contribution in [1.29, 1.82) is 0 Å². The minimum atomic E-state index is -0.135. The maximum atomic E-state index is 12.3. The van der Waals surface area contributed by atoms with E-state index in [0.717, 1.165) is 16.6 Å². The number of rotatable bonds is 2. The van der Waals surface area contributed by atoms with E-state index < -0.39 is 0 Å². The second kappa shape index (κ2) is 5.25. The molecule has 0 aliphatic rings. The highest BCUT2D eigenvalue weighted by molar-refractivity contribution is 5.77. The molecule has 0 spiro atoms. The molecule has 0 bridgehead atoms. The zero-order valence-electron chi connectivity index (χ0n) is 11.5. The predicted molar refractivity (Wildman–Crippen MR) is 84.0 cm³/mol. The number of fused-ring (bicyclic) bond motifs is 1. The van der Waals surface area contributed by atoms with Crippen LogP contribution in [-0.4, -0.2) is 14.7 Å². The average Bonchev–Trinajstić information content (AvgIpc) is 2.51. The van der Waals surface area contributed by atoms with Crippen molar-refractivity contribution in [1.82, 2.24) is 9.55 Å². The van der Waals surface area contributed by atoms with E-state index in [0.29, 0.717) is 5.69 Å². The van der Waals surface area contributed by atoms with Crippen molar-refractivity contribution in [2.24, 2.45) is 7.05 Å². The molecule has 3 rings (SSSR count). The van der Waals surface area contributed by atoms with Crippen LogP contribution in [0.15, 0.2) is 53.3 Å². The molecule has 1 aromatic heterocycles. The lowest BCUT2D eigenvalue weighted by atomic mass is 10.2. The number of phenols is 1. The van der Waals surface area contributed by atoms with E-state index in [1.54, 1.807) is 48.0 Å². The number of benzene rings is 2. The first-order valence-electron chi connectivity index (χ1n) is 6.58. The summed E-state index contributed by atoms with van der Waals surface area (Å²) in [6, 6.07) is 14.3. The maximum absolute atomic E-state index is 12.3. The van der Waals surface area contributed by atoms with Gasteiger partial charge in [0.25, 0.3) is 5.56 Å². The van der Waals surface area contributed by atoms with Crippen molar-refractivity contribution in [2.75, 3.05) is 0 Å². The monoisotopic (exact) mass is 278 g/mol. The van der Waals surface area contributed by atoms with Crippen LogP contribution >= 0.6 is 0 Å². The van der Waals surface area contributed by atoms with Crippen LogP contribution in [0, 0.1) is 0 Å². The molecule has 0 unspecified atom stereocenters. The Labute approximate surface area is 121 Å². The molecule has 104 valence electrons. The van der Waals surface area contributed by atoms with Gasteiger partial charge < -0.3 is 9.67 Å². The molecule has 0 atom stereocenters. The van der Waals surface area contributed by atoms with Crippen LogP contribution in [0.25, 0.3) is 23.2 Å². The third-order valence-corrected chi connectivity index (χ3v) is 3.33. The summed E-state index contributed by atoms with van der Waals surface area (Å²) in [7, 11) is 1.74. The van der Waals surface area contributed by atoms with Crippen LogP contribution in [0.1, 0.15) is 11.3 Å². The van der Waals surface area contributed by atoms with E-state index >= 15 is 0 Å². The molecule has 0 saturated carbocycles. The summed E-state index contributed by atoms with van der Waals surface area (Å²) in [5.74, 6) is 0.215. The minimum absolute atomic E-state index is 0.135. The molecule has 3 aromatic rings. The largest absolute Gasteiger partial charge is 0.508 e. The molecule has 21 heavy (non-hydrogen) atoms. The number of aromatic nitrogens is 2. The Morgan fingerprint density at radius 2 is 1.76 bits per heavy atom. The normalized spacial score (nSPS) is 11.3. The topological polar surface area (TPSA) is 55.1 Å². The maximum Gasteiger partial charge on any atom is 0.276 e. The van der Waals surface area contributed by atoms with Gasteiger partial charge in [0.05, 0.1) is 11.0 Å². The number of hydrogen-bond acceptors (Lipinski definition) is 3. The standard InChI is InChI=1S/C17H14N2O2/c1-19-16-5-3-2-4-14(16)18-15(17(19)21)11-8-12-6-9-13(20)10-7-12/h2-11,20H,1H3. The van der Waals surface area contributed by atoms with E-state index in [9.17, 15) is 9.90 Å². The van der Waals surface area contributed by atoms with Crippen LogP contribution in [0.2, 0.25) is 0 Å². The minimum Gasteiger partial charge on any atom is -0.508 e. The Balaban J connectivity index is 2.06. The number of aromatic hydroxyl groups is 1. The quantitative estimate of drug-likeness (QED) is 0.784. The summed E-state index contributed by atoms with van der Waals surface area (Å²) >= 11 is 0. The molecule has 0 radical (unpaired) electrons. The number of phenolic OH excluding ortho intramolecular Hbond substituents is 1. The molecule has 0 aliphatic carbocycles. The van der Waals surface area contributed by atoms with Crippen LogP contribution < -0.4 is 5.56 Å². The van der Waals surface area contributed by atoms with E-state index in [-0.39, 0.29) is 11.3 Å². The number of para-hydroxylation sites is 2. The van der Waals surface area contributed by atoms with Crippen molar-refractivity contribution in [3.63, 3.8) is 0 Å². The fourth-order valence-corrected chi connectivity index (χ4v) is 2.17. The van der Waals surface area contributed by atoms with Crippen molar-refractivity contribution in [3.05, 3.63) is 70.1 Å². The zero-order chi connectivity index (χ0) is 14.8. The second-order valence-corrected chi connectivity index (χ2v) is 4.77. The summed E-state index contributed by atoms with van der Waals surface area (Å²) in [5.41, 5.74) is 2.74. The first kappa shape index (κ1) is 13.1. The molecule has 0 fully saturated rings. The van der Waals surface area contributed by atoms with Crippen LogP contribution in [0.3, 0.4) is 0 Å². The van der Waals surface area contributed by atoms with E-state index in [1.165, 1.54) is 0 Å². The van der Waals surface area contributed by atoms with Gasteiger partial charge in [-0.25, -0.2) is 4.98 Å². The van der Waals surface area contributed by atoms with Gasteiger partial charge in [0, 0.05) is 7.05 Å². The Hall–Kier alpha value is -2.88. The fraction of sp³-hybridized carbons (Fsp3) is 0.0588. The van der Waals surface area contributed by atoms with Gasteiger partial charge in [-0.3, -0.25) is 4.79 Å². The third-order valence-electron chi connectivity index (χ3n) is 3.33. The SMILES string of the molecule is Cn1c(=O)c(C=Cc2ccc(O)cc2)nc2ccccc21. The smallest absolute Gasteiger partial charge is 0.276 e. The second-order valence-electron chi connectivity index (χ2n) is 4.77. The average molecular weight is 278 g/mol. The molecule has 2 aromatic carbocycles. The highest BCUT2D eigenvalue weighted by Gasteiger charge is 2.05. The Morgan fingerprint density at radius 1 is 1.05 bits per heavy atom. The summed E-state index contributed by atoms with van der Waals surface area (Å²) in [4.78, 5) is 16.7. The molecule has 0 aliphatic heterocycles. The fourth-order valence-electron chi connectivity index (χ4n) is 2.17. The molecular formula is C17H14N2O2. The lowest BCUT2D eigenvalue weighted by Gasteiger charge is -2.05. The van der Waals surface area contributed by atoms with Gasteiger partial charge in [-0.15, -0.1) is 0 Å². The van der Waals surface area contributed by atoms with Gasteiger partial charge in [0.15, 0.2) is 0 Å². The highest BCUT2D eigenvalue weighted by atomic mass is 16.3. The van der Waals surface area contributed by atoms with Gasteiger partial charge >= 0.3 is 0 Å². The third kappa shape index (κ3) is 2.56. The summed E-state index contributed by atoms with van der Waals surface area (Å²) in [6.07, 6.45) is 3.50. The van der Waals surface area contributed by atoms with Crippen molar-refractivity contribution in [3.8, 4) is 5.75 Å². The summed E-state index contributed by atoms with van der Waals surface area (Å²) in [5, 5.41) is 9.25. The van der Waals surface area contributed by atoms with Crippen LogP contribution in [-0.2, 0) is 7.05 Å². The Kier molecular flexibility index (Phi) is 3.28. The Morgan fingerprint density at radius 3 is 2.52 bits per heavy atom. The van der Waals surface area contributed by atoms with Gasteiger partial charge in [-0.2, -0.15) is 0 Å². The van der Waals surface area contributed by atoms with Crippen LogP contribution in [0.4, 0.5) is 0 Å². The van der Waals surface area contributed by atoms with Gasteiger partial charge in [0.2, 0.25) is 0 Å². The number of aryl methyl sites for hydroxylation is 1. The summed E-state index contributed by atoms with van der Waals surface area (Å²) < 4.78 is 1.60. The van der Waals surface area contributed by atoms with Gasteiger partial charge in [-0.05, 0) is 35.9 Å². The van der Waals surface area contributed by atoms with Crippen molar-refractivity contribution < 1.29 is 5.11 Å². The first-order valence-corrected chi connectivity index (χ1v) is 6.58. The summed E-state index contributed by atoms with van der Waals surface area (Å²) in [6.45, 7) is 0. The molecule has 4 heteroatoms. The van der Waals surface area contributed by atoms with Crippen LogP contribution in [0.5, 0.6) is 5.75 Å². The lowest BCUT2D eigenvalue weighted by Crippen LogP contribution is -2.21. The number of nitrogens with zero attached hydrogens (tertiary/aromatic N) is 2. The highest BCUT2D eigenvalue weighted by Crippen LogP contribution is 2.13. The molecule has 4 nitrogen and oxygen atoms in total. The van der Waals surface area contributed by atoms with Gasteiger partial charge in [-0.1, -0.05) is 30.3 Å².